The van der Waals surface area contributed by atoms with E-state index in [1.807, 2.05) is 19.1 Å². The van der Waals surface area contributed by atoms with Crippen LogP contribution in [0.1, 0.15) is 24.0 Å². The van der Waals surface area contributed by atoms with Crippen LogP contribution in [-0.4, -0.2) is 6.29 Å². The Balaban J connectivity index is 2.10. The highest BCUT2D eigenvalue weighted by molar-refractivity contribution is 7.99. The molecule has 0 heterocycles. The van der Waals surface area contributed by atoms with E-state index < -0.39 is 0 Å². The van der Waals surface area contributed by atoms with Crippen molar-refractivity contribution in [2.75, 3.05) is 0 Å². The van der Waals surface area contributed by atoms with Crippen LogP contribution in [0.25, 0.3) is 0 Å². The lowest BCUT2D eigenvalue weighted by atomic mass is 10.0. The predicted octanol–water partition coefficient (Wildman–Crippen LogP) is 4.45. The summed E-state index contributed by atoms with van der Waals surface area (Å²) in [7, 11) is 0. The van der Waals surface area contributed by atoms with Gasteiger partial charge in [-0.2, -0.15) is 0 Å². The van der Waals surface area contributed by atoms with E-state index in [9.17, 15) is 4.79 Å². The SMILES string of the molecule is Cc1ccc(Sc2ccc(C(C)C=O)cc2)cc1. The Bertz CT molecular complexity index is 514. The molecule has 1 nitrogen and oxygen atoms in total. The van der Waals surface area contributed by atoms with Crippen molar-refractivity contribution in [1.29, 1.82) is 0 Å². The second-order valence-corrected chi connectivity index (χ2v) is 5.56. The molecule has 1 unspecified atom stereocenters. The number of rotatable bonds is 4. The number of aryl methyl sites for hydroxylation is 1. The second-order valence-electron chi connectivity index (χ2n) is 4.41. The van der Waals surface area contributed by atoms with Crippen molar-refractivity contribution in [2.24, 2.45) is 0 Å². The first-order valence-corrected chi connectivity index (χ1v) is 6.80. The van der Waals surface area contributed by atoms with E-state index in [0.29, 0.717) is 0 Å². The van der Waals surface area contributed by atoms with Gasteiger partial charge in [0.25, 0.3) is 0 Å². The number of aldehydes is 1. The molecule has 0 radical (unpaired) electrons. The van der Waals surface area contributed by atoms with Crippen LogP contribution < -0.4 is 0 Å². The summed E-state index contributed by atoms with van der Waals surface area (Å²) in [6, 6.07) is 16.7. The van der Waals surface area contributed by atoms with Crippen molar-refractivity contribution in [1.82, 2.24) is 0 Å². The van der Waals surface area contributed by atoms with Gasteiger partial charge in [0.15, 0.2) is 0 Å². The molecule has 18 heavy (non-hydrogen) atoms. The maximum Gasteiger partial charge on any atom is 0.127 e. The fourth-order valence-corrected chi connectivity index (χ4v) is 2.48. The van der Waals surface area contributed by atoms with Crippen LogP contribution in [0.2, 0.25) is 0 Å². The molecule has 2 aromatic rings. The van der Waals surface area contributed by atoms with Gasteiger partial charge in [-0.1, -0.05) is 48.5 Å². The van der Waals surface area contributed by atoms with Crippen LogP contribution >= 0.6 is 11.8 Å². The van der Waals surface area contributed by atoms with E-state index in [0.717, 1.165) is 11.8 Å². The molecule has 92 valence electrons. The molecule has 2 aromatic carbocycles. The Kier molecular flexibility index (Phi) is 4.21. The second kappa shape index (κ2) is 5.87. The number of hydrogen-bond acceptors (Lipinski definition) is 2. The third-order valence-corrected chi connectivity index (χ3v) is 3.88. The standard InChI is InChI=1S/C16H16OS/c1-12-3-7-15(8-4-12)18-16-9-5-14(6-10-16)13(2)11-17/h3-11,13H,1-2H3. The number of carbonyl (C=O) groups excluding carboxylic acids is 1. The van der Waals surface area contributed by atoms with Crippen molar-refractivity contribution in [2.45, 2.75) is 29.6 Å². The lowest BCUT2D eigenvalue weighted by molar-refractivity contribution is -0.108. The van der Waals surface area contributed by atoms with Gasteiger partial charge in [0.1, 0.15) is 6.29 Å². The van der Waals surface area contributed by atoms with E-state index in [2.05, 4.69) is 43.3 Å². The Labute approximate surface area is 112 Å². The highest BCUT2D eigenvalue weighted by atomic mass is 32.2. The first-order chi connectivity index (χ1) is 8.69. The van der Waals surface area contributed by atoms with Gasteiger partial charge in [-0.3, -0.25) is 0 Å². The van der Waals surface area contributed by atoms with Crippen LogP contribution in [0.15, 0.2) is 58.3 Å². The van der Waals surface area contributed by atoms with Gasteiger partial charge in [0.2, 0.25) is 0 Å². The zero-order chi connectivity index (χ0) is 13.0. The highest BCUT2D eigenvalue weighted by Gasteiger charge is 2.03. The Morgan fingerprint density at radius 3 is 1.94 bits per heavy atom. The number of hydrogen-bond donors (Lipinski definition) is 0. The van der Waals surface area contributed by atoms with E-state index in [4.69, 9.17) is 0 Å². The zero-order valence-corrected chi connectivity index (χ0v) is 11.4. The summed E-state index contributed by atoms with van der Waals surface area (Å²) in [6.07, 6.45) is 0.974. The summed E-state index contributed by atoms with van der Waals surface area (Å²) < 4.78 is 0. The smallest absolute Gasteiger partial charge is 0.127 e. The Morgan fingerprint density at radius 2 is 1.44 bits per heavy atom. The predicted molar refractivity (Wildman–Crippen MR) is 76.2 cm³/mol. The summed E-state index contributed by atoms with van der Waals surface area (Å²) >= 11 is 1.74. The molecule has 2 rings (SSSR count). The first kappa shape index (κ1) is 12.9. The van der Waals surface area contributed by atoms with Gasteiger partial charge in [-0.15, -0.1) is 0 Å². The molecule has 0 fully saturated rings. The van der Waals surface area contributed by atoms with E-state index in [-0.39, 0.29) is 5.92 Å². The molecule has 0 bridgehead atoms. The van der Waals surface area contributed by atoms with Crippen molar-refractivity contribution < 1.29 is 4.79 Å². The van der Waals surface area contributed by atoms with Gasteiger partial charge in [0, 0.05) is 15.7 Å². The van der Waals surface area contributed by atoms with Gasteiger partial charge >= 0.3 is 0 Å². The Hall–Kier alpha value is -1.54. The van der Waals surface area contributed by atoms with Crippen LogP contribution in [0, 0.1) is 6.92 Å². The van der Waals surface area contributed by atoms with Crippen LogP contribution in [-0.2, 0) is 4.79 Å². The minimum absolute atomic E-state index is 0.0246. The first-order valence-electron chi connectivity index (χ1n) is 5.99. The summed E-state index contributed by atoms with van der Waals surface area (Å²) in [6.45, 7) is 4.00. The van der Waals surface area contributed by atoms with E-state index in [1.54, 1.807) is 11.8 Å². The van der Waals surface area contributed by atoms with E-state index in [1.165, 1.54) is 15.4 Å². The minimum atomic E-state index is -0.0246. The maximum absolute atomic E-state index is 10.7. The van der Waals surface area contributed by atoms with Crippen molar-refractivity contribution in [3.05, 3.63) is 59.7 Å². The molecular formula is C16H16OS. The largest absolute Gasteiger partial charge is 0.303 e. The van der Waals surface area contributed by atoms with Crippen molar-refractivity contribution in [3.8, 4) is 0 Å². The van der Waals surface area contributed by atoms with Crippen LogP contribution in [0.5, 0.6) is 0 Å². The molecule has 2 heteroatoms. The van der Waals surface area contributed by atoms with Gasteiger partial charge in [-0.05, 0) is 36.8 Å². The average molecular weight is 256 g/mol. The average Bonchev–Trinajstić information content (AvgIpc) is 2.41. The van der Waals surface area contributed by atoms with Crippen LogP contribution in [0.4, 0.5) is 0 Å². The summed E-state index contributed by atoms with van der Waals surface area (Å²) in [4.78, 5) is 13.1. The molecular weight excluding hydrogens is 240 g/mol. The summed E-state index contributed by atoms with van der Waals surface area (Å²) in [5.74, 6) is -0.0246. The molecule has 0 spiro atoms. The minimum Gasteiger partial charge on any atom is -0.303 e. The Morgan fingerprint density at radius 1 is 0.944 bits per heavy atom. The molecule has 0 saturated carbocycles. The van der Waals surface area contributed by atoms with Crippen molar-refractivity contribution in [3.63, 3.8) is 0 Å². The van der Waals surface area contributed by atoms with Gasteiger partial charge in [-0.25, -0.2) is 0 Å². The van der Waals surface area contributed by atoms with E-state index >= 15 is 0 Å². The highest BCUT2D eigenvalue weighted by Crippen LogP contribution is 2.28. The summed E-state index contributed by atoms with van der Waals surface area (Å²) in [5, 5.41) is 0. The molecule has 0 N–H and O–H groups in total. The van der Waals surface area contributed by atoms with Gasteiger partial charge in [0.05, 0.1) is 0 Å². The number of benzene rings is 2. The molecule has 0 aromatic heterocycles. The number of carbonyl (C=O) groups is 1. The van der Waals surface area contributed by atoms with Gasteiger partial charge < -0.3 is 4.79 Å². The molecule has 0 aliphatic carbocycles. The maximum atomic E-state index is 10.7. The molecule has 0 aliphatic heterocycles. The fraction of sp³-hybridized carbons (Fsp3) is 0.188. The third-order valence-electron chi connectivity index (χ3n) is 2.87. The van der Waals surface area contributed by atoms with Crippen LogP contribution in [0.3, 0.4) is 0 Å². The third kappa shape index (κ3) is 3.23. The molecule has 0 saturated heterocycles. The molecule has 0 aliphatic rings. The topological polar surface area (TPSA) is 17.1 Å². The molecule has 0 amide bonds. The van der Waals surface area contributed by atoms with Crippen molar-refractivity contribution >= 4 is 18.0 Å². The lowest BCUT2D eigenvalue weighted by Gasteiger charge is -2.06. The molecule has 1 atom stereocenters. The quantitative estimate of drug-likeness (QED) is 0.752. The monoisotopic (exact) mass is 256 g/mol. The zero-order valence-electron chi connectivity index (χ0n) is 10.6. The summed E-state index contributed by atoms with van der Waals surface area (Å²) in [5.41, 5.74) is 2.34. The normalized spacial score (nSPS) is 12.1. The fourth-order valence-electron chi connectivity index (χ4n) is 1.66. The lowest BCUT2D eigenvalue weighted by Crippen LogP contribution is -1.93.